The largest absolute Gasteiger partial charge is 0.352 e. The van der Waals surface area contributed by atoms with E-state index in [0.717, 1.165) is 32.1 Å². The number of hydrogen-bond donors (Lipinski definition) is 1. The highest BCUT2D eigenvalue weighted by Gasteiger charge is 2.35. The Morgan fingerprint density at radius 2 is 1.37 bits per heavy atom. The quantitative estimate of drug-likeness (QED) is 0.175. The normalized spacial score (nSPS) is 12.2. The fraction of sp³-hybridized carbons (Fsp3) is 0.316. The van der Waals surface area contributed by atoms with E-state index in [2.05, 4.69) is 19.2 Å². The molecule has 0 aromatic heterocycles. The molecule has 2 amide bonds. The molecule has 7 nitrogen and oxygen atoms in total. The van der Waals surface area contributed by atoms with Crippen LogP contribution in [0.5, 0.6) is 0 Å². The van der Waals surface area contributed by atoms with E-state index in [-0.39, 0.29) is 35.7 Å². The van der Waals surface area contributed by atoms with Gasteiger partial charge >= 0.3 is 0 Å². The minimum absolute atomic E-state index is 0.0856. The number of benzene rings is 4. The van der Waals surface area contributed by atoms with Gasteiger partial charge in [-0.1, -0.05) is 104 Å². The molecule has 0 aliphatic carbocycles. The summed E-state index contributed by atoms with van der Waals surface area (Å²) in [6, 6.07) is 30.2. The van der Waals surface area contributed by atoms with E-state index < -0.39 is 28.5 Å². The molecule has 0 radical (unpaired) electrons. The zero-order chi connectivity index (χ0) is 33.4. The summed E-state index contributed by atoms with van der Waals surface area (Å²) in [6.07, 6.45) is 0.269. The molecule has 0 bridgehead atoms. The third kappa shape index (κ3) is 8.85. The van der Waals surface area contributed by atoms with Gasteiger partial charge in [-0.05, 0) is 74.6 Å². The van der Waals surface area contributed by atoms with Crippen molar-refractivity contribution in [3.05, 3.63) is 131 Å². The second-order valence-corrected chi connectivity index (χ2v) is 14.3. The first-order valence-electron chi connectivity index (χ1n) is 15.7. The first-order valence-corrected chi connectivity index (χ1v) is 17.2. The SMILES string of the molecule is Cc1ccc(S(=O)(=O)N(CC(=O)N(Cc2cccc(C)c2)[C@@H](Cc2ccccc2)C(=O)NC(C)C)c2ccc(C(C)C)cc2)cc1. The van der Waals surface area contributed by atoms with Gasteiger partial charge in [0.25, 0.3) is 10.0 Å². The number of nitrogens with one attached hydrogen (secondary N) is 1. The predicted molar refractivity (Wildman–Crippen MR) is 185 cm³/mol. The van der Waals surface area contributed by atoms with Crippen LogP contribution in [-0.2, 0) is 32.6 Å². The smallest absolute Gasteiger partial charge is 0.264 e. The monoisotopic (exact) mass is 639 g/mol. The molecule has 0 saturated heterocycles. The molecule has 4 rings (SSSR count). The maximum atomic E-state index is 14.6. The Labute approximate surface area is 274 Å². The summed E-state index contributed by atoms with van der Waals surface area (Å²) in [6.45, 7) is 11.4. The fourth-order valence-electron chi connectivity index (χ4n) is 5.33. The van der Waals surface area contributed by atoms with E-state index in [9.17, 15) is 18.0 Å². The van der Waals surface area contributed by atoms with Gasteiger partial charge in [0.1, 0.15) is 12.6 Å². The number of aryl methyl sites for hydroxylation is 2. The molecule has 0 saturated carbocycles. The van der Waals surface area contributed by atoms with Crippen molar-refractivity contribution in [2.24, 2.45) is 0 Å². The topological polar surface area (TPSA) is 86.8 Å². The van der Waals surface area contributed by atoms with Crippen molar-refractivity contribution >= 4 is 27.5 Å². The summed E-state index contributed by atoms with van der Waals surface area (Å²) in [7, 11) is -4.15. The lowest BCUT2D eigenvalue weighted by Gasteiger charge is -2.34. The van der Waals surface area contributed by atoms with Crippen molar-refractivity contribution in [1.29, 1.82) is 0 Å². The third-order valence-corrected chi connectivity index (χ3v) is 9.66. The van der Waals surface area contributed by atoms with Gasteiger partial charge in [0.2, 0.25) is 11.8 Å². The lowest BCUT2D eigenvalue weighted by Crippen LogP contribution is -2.54. The van der Waals surface area contributed by atoms with E-state index in [1.807, 2.05) is 94.4 Å². The number of amides is 2. The minimum atomic E-state index is -4.15. The lowest BCUT2D eigenvalue weighted by atomic mass is 10.0. The summed E-state index contributed by atoms with van der Waals surface area (Å²) < 4.78 is 29.6. The average molecular weight is 640 g/mol. The molecule has 0 fully saturated rings. The van der Waals surface area contributed by atoms with Gasteiger partial charge in [0.05, 0.1) is 10.6 Å². The fourth-order valence-corrected chi connectivity index (χ4v) is 6.75. The molecular weight excluding hydrogens is 595 g/mol. The van der Waals surface area contributed by atoms with Crippen LogP contribution in [0, 0.1) is 13.8 Å². The number of carbonyl (C=O) groups is 2. The maximum Gasteiger partial charge on any atom is 0.264 e. The van der Waals surface area contributed by atoms with Gasteiger partial charge in [-0.2, -0.15) is 0 Å². The predicted octanol–water partition coefficient (Wildman–Crippen LogP) is 6.79. The van der Waals surface area contributed by atoms with E-state index >= 15 is 0 Å². The zero-order valence-electron chi connectivity index (χ0n) is 27.6. The van der Waals surface area contributed by atoms with E-state index in [1.165, 1.54) is 4.90 Å². The number of rotatable bonds is 13. The summed E-state index contributed by atoms with van der Waals surface area (Å²) in [5.74, 6) is -0.528. The highest BCUT2D eigenvalue weighted by Crippen LogP contribution is 2.27. The van der Waals surface area contributed by atoms with Crippen LogP contribution in [0.1, 0.15) is 61.4 Å². The standard InChI is InChI=1S/C38H45N3O4S/c1-27(2)33-17-19-34(20-18-33)41(46(44,45)35-21-15-29(5)16-22-35)26-37(42)40(25-32-14-10-11-30(6)23-32)36(38(43)39-28(3)4)24-31-12-8-7-9-13-31/h7-23,27-28,36H,24-26H2,1-6H3,(H,39,43)/t36-/m0/s1. The van der Waals surface area contributed by atoms with E-state index in [0.29, 0.717) is 5.69 Å². The molecule has 0 spiro atoms. The van der Waals surface area contributed by atoms with Gasteiger partial charge in [0, 0.05) is 19.0 Å². The van der Waals surface area contributed by atoms with Crippen LogP contribution in [0.3, 0.4) is 0 Å². The van der Waals surface area contributed by atoms with Crippen LogP contribution >= 0.6 is 0 Å². The highest BCUT2D eigenvalue weighted by atomic mass is 32.2. The van der Waals surface area contributed by atoms with E-state index in [4.69, 9.17) is 0 Å². The number of nitrogens with zero attached hydrogens (tertiary/aromatic N) is 2. The van der Waals surface area contributed by atoms with Gasteiger partial charge < -0.3 is 10.2 Å². The summed E-state index contributed by atoms with van der Waals surface area (Å²) >= 11 is 0. The molecule has 46 heavy (non-hydrogen) atoms. The van der Waals surface area contributed by atoms with Gasteiger partial charge in [-0.25, -0.2) is 8.42 Å². The van der Waals surface area contributed by atoms with Crippen molar-refractivity contribution in [3.63, 3.8) is 0 Å². The zero-order valence-corrected chi connectivity index (χ0v) is 28.4. The van der Waals surface area contributed by atoms with Gasteiger partial charge in [-0.15, -0.1) is 0 Å². The van der Waals surface area contributed by atoms with Crippen LogP contribution in [0.2, 0.25) is 0 Å². The number of sulfonamides is 1. The summed E-state index contributed by atoms with van der Waals surface area (Å²) in [4.78, 5) is 30.0. The lowest BCUT2D eigenvalue weighted by molar-refractivity contribution is -0.140. The van der Waals surface area contributed by atoms with Crippen molar-refractivity contribution in [2.75, 3.05) is 10.8 Å². The molecule has 0 unspecified atom stereocenters. The Balaban J connectivity index is 1.81. The van der Waals surface area contributed by atoms with E-state index in [1.54, 1.807) is 36.4 Å². The van der Waals surface area contributed by atoms with Crippen molar-refractivity contribution < 1.29 is 18.0 Å². The summed E-state index contributed by atoms with van der Waals surface area (Å²) in [5, 5.41) is 2.99. The van der Waals surface area contributed by atoms with Gasteiger partial charge in [-0.3, -0.25) is 13.9 Å². The molecule has 0 heterocycles. The van der Waals surface area contributed by atoms with Crippen LogP contribution < -0.4 is 9.62 Å². The molecule has 0 aliphatic heterocycles. The molecule has 8 heteroatoms. The maximum absolute atomic E-state index is 14.6. The van der Waals surface area contributed by atoms with Crippen LogP contribution in [0.15, 0.2) is 108 Å². The van der Waals surface area contributed by atoms with Crippen LogP contribution in [-0.4, -0.2) is 43.8 Å². The molecule has 0 aliphatic rings. The molecule has 4 aromatic rings. The van der Waals surface area contributed by atoms with Gasteiger partial charge in [0.15, 0.2) is 0 Å². The Morgan fingerprint density at radius 1 is 0.739 bits per heavy atom. The Bertz CT molecular complexity index is 1720. The first-order chi connectivity index (χ1) is 21.8. The number of anilines is 1. The Kier molecular flexibility index (Phi) is 11.4. The number of hydrogen-bond acceptors (Lipinski definition) is 4. The van der Waals surface area contributed by atoms with Crippen molar-refractivity contribution in [1.82, 2.24) is 10.2 Å². The second kappa shape index (κ2) is 15.2. The molecule has 242 valence electrons. The third-order valence-electron chi connectivity index (χ3n) is 7.87. The first kappa shape index (κ1) is 34.4. The summed E-state index contributed by atoms with van der Waals surface area (Å²) in [5.41, 5.74) is 5.11. The van der Waals surface area contributed by atoms with Crippen LogP contribution in [0.25, 0.3) is 0 Å². The molecular formula is C38H45N3O4S. The molecule has 1 atom stereocenters. The average Bonchev–Trinajstić information content (AvgIpc) is 3.02. The molecule has 1 N–H and O–H groups in total. The molecule has 4 aromatic carbocycles. The highest BCUT2D eigenvalue weighted by molar-refractivity contribution is 7.92. The van der Waals surface area contributed by atoms with Crippen molar-refractivity contribution in [3.8, 4) is 0 Å². The van der Waals surface area contributed by atoms with Crippen molar-refractivity contribution in [2.45, 2.75) is 77.4 Å². The Hall–Kier alpha value is -4.43. The Morgan fingerprint density at radius 3 is 1.96 bits per heavy atom. The minimum Gasteiger partial charge on any atom is -0.352 e. The second-order valence-electron chi connectivity index (χ2n) is 12.5. The van der Waals surface area contributed by atoms with Crippen LogP contribution in [0.4, 0.5) is 5.69 Å². The number of carbonyl (C=O) groups excluding carboxylic acids is 2.